The normalized spacial score (nSPS) is 16.1. The fraction of sp³-hybridized carbons (Fsp3) is 0.500. The summed E-state index contributed by atoms with van der Waals surface area (Å²) < 4.78 is 27.2. The minimum absolute atomic E-state index is 0.00556. The molecule has 1 aliphatic carbocycles. The zero-order valence-electron chi connectivity index (χ0n) is 12.2. The van der Waals surface area contributed by atoms with Gasteiger partial charge >= 0.3 is 0 Å². The van der Waals surface area contributed by atoms with Gasteiger partial charge in [-0.25, -0.2) is 13.1 Å². The molecule has 4 nitrogen and oxygen atoms in total. The highest BCUT2D eigenvalue weighted by Gasteiger charge is 2.28. The molecule has 1 fully saturated rings. The first-order valence-corrected chi connectivity index (χ1v) is 8.70. The molecule has 0 amide bonds. The van der Waals surface area contributed by atoms with Crippen LogP contribution in [0, 0.1) is 23.7 Å². The SMILES string of the molecule is CC(CNS(=O)(=O)c1cccc(C#CCCO)c1)C1CC1. The fourth-order valence-corrected chi connectivity index (χ4v) is 3.31. The van der Waals surface area contributed by atoms with Gasteiger partial charge in [-0.2, -0.15) is 0 Å². The molecule has 1 atom stereocenters. The third-order valence-electron chi connectivity index (χ3n) is 3.64. The molecule has 1 aromatic rings. The monoisotopic (exact) mass is 307 g/mol. The van der Waals surface area contributed by atoms with Crippen LogP contribution in [0.5, 0.6) is 0 Å². The molecular weight excluding hydrogens is 286 g/mol. The van der Waals surface area contributed by atoms with E-state index in [-0.39, 0.29) is 11.5 Å². The summed E-state index contributed by atoms with van der Waals surface area (Å²) in [6.45, 7) is 2.57. The van der Waals surface area contributed by atoms with Crippen LogP contribution in [0.25, 0.3) is 0 Å². The Hall–Kier alpha value is -1.35. The van der Waals surface area contributed by atoms with Gasteiger partial charge in [0.1, 0.15) is 0 Å². The molecule has 114 valence electrons. The predicted molar refractivity (Wildman–Crippen MR) is 82.1 cm³/mol. The number of aliphatic hydroxyl groups excluding tert-OH is 1. The van der Waals surface area contributed by atoms with Crippen LogP contribution in [0.1, 0.15) is 31.7 Å². The summed E-state index contributed by atoms with van der Waals surface area (Å²) in [6.07, 6.45) is 2.80. The van der Waals surface area contributed by atoms with Gasteiger partial charge in [0.25, 0.3) is 0 Å². The standard InChI is InChI=1S/C16H21NO3S/c1-13(15-8-9-15)12-17-21(19,20)16-7-4-6-14(11-16)5-2-3-10-18/h4,6-7,11,13,15,17-18H,3,8-10,12H2,1H3. The lowest BCUT2D eigenvalue weighted by Crippen LogP contribution is -2.29. The Bertz CT molecular complexity index is 639. The van der Waals surface area contributed by atoms with E-state index in [1.807, 2.05) is 0 Å². The van der Waals surface area contributed by atoms with Crippen molar-refractivity contribution in [3.05, 3.63) is 29.8 Å². The minimum Gasteiger partial charge on any atom is -0.395 e. The van der Waals surface area contributed by atoms with Gasteiger partial charge in [0, 0.05) is 18.5 Å². The molecule has 1 aromatic carbocycles. The molecule has 0 aromatic heterocycles. The Morgan fingerprint density at radius 3 is 2.86 bits per heavy atom. The van der Waals surface area contributed by atoms with E-state index in [4.69, 9.17) is 5.11 Å². The van der Waals surface area contributed by atoms with E-state index in [2.05, 4.69) is 23.5 Å². The molecule has 21 heavy (non-hydrogen) atoms. The largest absolute Gasteiger partial charge is 0.395 e. The van der Waals surface area contributed by atoms with Crippen LogP contribution in [-0.2, 0) is 10.0 Å². The highest BCUT2D eigenvalue weighted by Crippen LogP contribution is 2.36. The van der Waals surface area contributed by atoms with E-state index in [0.29, 0.717) is 30.4 Å². The van der Waals surface area contributed by atoms with Crippen molar-refractivity contribution < 1.29 is 13.5 Å². The predicted octanol–water partition coefficient (Wildman–Crippen LogP) is 1.74. The molecule has 0 radical (unpaired) electrons. The smallest absolute Gasteiger partial charge is 0.240 e. The Labute approximate surface area is 126 Å². The lowest BCUT2D eigenvalue weighted by Gasteiger charge is -2.12. The Balaban J connectivity index is 2.05. The van der Waals surface area contributed by atoms with E-state index < -0.39 is 10.0 Å². The summed E-state index contributed by atoms with van der Waals surface area (Å²) >= 11 is 0. The number of hydrogen-bond acceptors (Lipinski definition) is 3. The molecule has 1 unspecified atom stereocenters. The molecule has 0 bridgehead atoms. The van der Waals surface area contributed by atoms with Crippen LogP contribution in [0.15, 0.2) is 29.2 Å². The number of aliphatic hydroxyl groups is 1. The van der Waals surface area contributed by atoms with Crippen molar-refractivity contribution in [1.82, 2.24) is 4.72 Å². The number of nitrogens with one attached hydrogen (secondary N) is 1. The first-order valence-electron chi connectivity index (χ1n) is 7.22. The van der Waals surface area contributed by atoms with Gasteiger partial charge in [0.15, 0.2) is 0 Å². The van der Waals surface area contributed by atoms with Crippen molar-refractivity contribution >= 4 is 10.0 Å². The van der Waals surface area contributed by atoms with Crippen molar-refractivity contribution in [3.8, 4) is 11.8 Å². The summed E-state index contributed by atoms with van der Waals surface area (Å²) in [5.74, 6) is 6.69. The minimum atomic E-state index is -3.48. The summed E-state index contributed by atoms with van der Waals surface area (Å²) in [6, 6.07) is 6.58. The molecular formula is C16H21NO3S. The van der Waals surface area contributed by atoms with Gasteiger partial charge in [-0.3, -0.25) is 0 Å². The summed E-state index contributed by atoms with van der Waals surface area (Å²) in [7, 11) is -3.48. The van der Waals surface area contributed by atoms with Gasteiger partial charge in [0.05, 0.1) is 11.5 Å². The number of benzene rings is 1. The van der Waals surface area contributed by atoms with E-state index in [1.165, 1.54) is 12.8 Å². The topological polar surface area (TPSA) is 66.4 Å². The highest BCUT2D eigenvalue weighted by molar-refractivity contribution is 7.89. The second kappa shape index (κ2) is 7.08. The number of sulfonamides is 1. The maximum Gasteiger partial charge on any atom is 0.240 e. The van der Waals surface area contributed by atoms with E-state index >= 15 is 0 Å². The second-order valence-corrected chi connectivity index (χ2v) is 7.24. The van der Waals surface area contributed by atoms with Crippen molar-refractivity contribution in [2.45, 2.75) is 31.1 Å². The quantitative estimate of drug-likeness (QED) is 0.787. The third kappa shape index (κ3) is 4.85. The molecule has 1 saturated carbocycles. The molecule has 0 saturated heterocycles. The Morgan fingerprint density at radius 2 is 2.19 bits per heavy atom. The number of rotatable bonds is 6. The molecule has 0 aliphatic heterocycles. The van der Waals surface area contributed by atoms with Crippen LogP contribution < -0.4 is 4.72 Å². The first kappa shape index (κ1) is 16.0. The first-order chi connectivity index (χ1) is 10.0. The zero-order chi connectivity index (χ0) is 15.3. The van der Waals surface area contributed by atoms with Crippen molar-refractivity contribution in [2.75, 3.05) is 13.2 Å². The van der Waals surface area contributed by atoms with Gasteiger partial charge < -0.3 is 5.11 Å². The average Bonchev–Trinajstić information content (AvgIpc) is 3.30. The van der Waals surface area contributed by atoms with Gasteiger partial charge in [-0.1, -0.05) is 24.8 Å². The van der Waals surface area contributed by atoms with Crippen molar-refractivity contribution in [1.29, 1.82) is 0 Å². The molecule has 1 aliphatic rings. The molecule has 5 heteroatoms. The van der Waals surface area contributed by atoms with Crippen molar-refractivity contribution in [3.63, 3.8) is 0 Å². The van der Waals surface area contributed by atoms with E-state index in [9.17, 15) is 8.42 Å². The molecule has 2 rings (SSSR count). The fourth-order valence-electron chi connectivity index (χ4n) is 2.12. The maximum absolute atomic E-state index is 12.3. The molecule has 0 spiro atoms. The van der Waals surface area contributed by atoms with Crippen LogP contribution in [-0.4, -0.2) is 26.7 Å². The number of hydrogen-bond donors (Lipinski definition) is 2. The Kier molecular flexibility index (Phi) is 5.40. The van der Waals surface area contributed by atoms with Crippen LogP contribution in [0.4, 0.5) is 0 Å². The average molecular weight is 307 g/mol. The van der Waals surface area contributed by atoms with Crippen LogP contribution in [0.3, 0.4) is 0 Å². The van der Waals surface area contributed by atoms with Crippen molar-refractivity contribution in [2.24, 2.45) is 11.8 Å². The maximum atomic E-state index is 12.3. The van der Waals surface area contributed by atoms with E-state index in [1.54, 1.807) is 24.3 Å². The van der Waals surface area contributed by atoms with Gasteiger partial charge in [0.2, 0.25) is 10.0 Å². The highest BCUT2D eigenvalue weighted by atomic mass is 32.2. The lowest BCUT2D eigenvalue weighted by molar-refractivity contribution is 0.305. The molecule has 0 heterocycles. The third-order valence-corrected chi connectivity index (χ3v) is 5.06. The van der Waals surface area contributed by atoms with Crippen LogP contribution >= 0.6 is 0 Å². The van der Waals surface area contributed by atoms with Gasteiger partial charge in [-0.15, -0.1) is 0 Å². The van der Waals surface area contributed by atoms with Gasteiger partial charge in [-0.05, 0) is 42.9 Å². The lowest BCUT2D eigenvalue weighted by atomic mass is 10.1. The summed E-state index contributed by atoms with van der Waals surface area (Å²) in [5, 5.41) is 8.69. The summed E-state index contributed by atoms with van der Waals surface area (Å²) in [4.78, 5) is 0.237. The molecule has 2 N–H and O–H groups in total. The zero-order valence-corrected chi connectivity index (χ0v) is 13.0. The second-order valence-electron chi connectivity index (χ2n) is 5.47. The Morgan fingerprint density at radius 1 is 1.43 bits per heavy atom. The van der Waals surface area contributed by atoms with E-state index in [0.717, 1.165) is 0 Å². The van der Waals surface area contributed by atoms with Crippen LogP contribution in [0.2, 0.25) is 0 Å². The summed E-state index contributed by atoms with van der Waals surface area (Å²) in [5.41, 5.74) is 0.640.